The zero-order chi connectivity index (χ0) is 7.28. The largest absolute Gasteiger partial charge is 0.378 e. The Morgan fingerprint density at radius 2 is 1.60 bits per heavy atom. The molecule has 0 amide bonds. The third-order valence-electron chi connectivity index (χ3n) is 1.60. The molecule has 1 unspecified atom stereocenters. The summed E-state index contributed by atoms with van der Waals surface area (Å²) < 4.78 is 0. The summed E-state index contributed by atoms with van der Waals surface area (Å²) in [6.45, 7) is 7.98. The normalized spacial score (nSPS) is 12.9. The monoisotopic (exact) mass is 167 g/mol. The standard InChI is InChI=1S/C7H17NO.ClH/c1-4-7(9)8(5-2)6-3;/h7,9H,4-6H2,1-3H3;1H. The van der Waals surface area contributed by atoms with Crippen molar-refractivity contribution < 1.29 is 5.11 Å². The average Bonchev–Trinajstić information content (AvgIpc) is 1.90. The van der Waals surface area contributed by atoms with Crippen LogP contribution in [0, 0.1) is 0 Å². The second kappa shape index (κ2) is 7.32. The quantitative estimate of drug-likeness (QED) is 0.642. The van der Waals surface area contributed by atoms with Crippen molar-refractivity contribution in [3.8, 4) is 0 Å². The van der Waals surface area contributed by atoms with Crippen LogP contribution in [-0.4, -0.2) is 29.3 Å². The molecular weight excluding hydrogens is 150 g/mol. The fourth-order valence-corrected chi connectivity index (χ4v) is 0.903. The van der Waals surface area contributed by atoms with E-state index in [1.54, 1.807) is 0 Å². The van der Waals surface area contributed by atoms with Gasteiger partial charge in [-0.15, -0.1) is 12.4 Å². The summed E-state index contributed by atoms with van der Waals surface area (Å²) in [5.41, 5.74) is 0. The molecule has 0 radical (unpaired) electrons. The van der Waals surface area contributed by atoms with Gasteiger partial charge in [-0.25, -0.2) is 0 Å². The zero-order valence-corrected chi connectivity index (χ0v) is 7.82. The van der Waals surface area contributed by atoms with Crippen LogP contribution in [-0.2, 0) is 0 Å². The molecule has 3 heteroatoms. The first-order valence-corrected chi connectivity index (χ1v) is 3.68. The van der Waals surface area contributed by atoms with Crippen molar-refractivity contribution in [2.24, 2.45) is 0 Å². The second-order valence-corrected chi connectivity index (χ2v) is 2.11. The molecule has 0 spiro atoms. The molecule has 1 N–H and O–H groups in total. The third kappa shape index (κ3) is 4.09. The van der Waals surface area contributed by atoms with Gasteiger partial charge in [-0.05, 0) is 19.5 Å². The summed E-state index contributed by atoms with van der Waals surface area (Å²) in [4.78, 5) is 2.03. The first-order chi connectivity index (χ1) is 4.26. The van der Waals surface area contributed by atoms with Crippen LogP contribution in [0.1, 0.15) is 27.2 Å². The predicted octanol–water partition coefficient (Wildman–Crippen LogP) is 1.48. The van der Waals surface area contributed by atoms with Gasteiger partial charge in [0.15, 0.2) is 0 Å². The maximum atomic E-state index is 9.24. The summed E-state index contributed by atoms with van der Waals surface area (Å²) in [6.07, 6.45) is 0.585. The van der Waals surface area contributed by atoms with E-state index in [9.17, 15) is 5.11 Å². The molecular formula is C7H18ClNO. The van der Waals surface area contributed by atoms with E-state index in [1.165, 1.54) is 0 Å². The van der Waals surface area contributed by atoms with Gasteiger partial charge in [0.2, 0.25) is 0 Å². The van der Waals surface area contributed by atoms with Crippen LogP contribution in [0.5, 0.6) is 0 Å². The van der Waals surface area contributed by atoms with E-state index in [1.807, 2.05) is 11.8 Å². The van der Waals surface area contributed by atoms with E-state index in [2.05, 4.69) is 13.8 Å². The maximum absolute atomic E-state index is 9.24. The van der Waals surface area contributed by atoms with E-state index in [4.69, 9.17) is 0 Å². The molecule has 0 bridgehead atoms. The van der Waals surface area contributed by atoms with Gasteiger partial charge in [-0.2, -0.15) is 0 Å². The Balaban J connectivity index is 0. The minimum Gasteiger partial charge on any atom is -0.378 e. The lowest BCUT2D eigenvalue weighted by Gasteiger charge is -2.23. The molecule has 0 aliphatic rings. The van der Waals surface area contributed by atoms with Crippen molar-refractivity contribution in [1.82, 2.24) is 4.90 Å². The molecule has 64 valence electrons. The Hall–Kier alpha value is 0.210. The van der Waals surface area contributed by atoms with Gasteiger partial charge in [-0.3, -0.25) is 4.90 Å². The molecule has 0 rings (SSSR count). The Labute approximate surface area is 69.6 Å². The van der Waals surface area contributed by atoms with E-state index < -0.39 is 0 Å². The Morgan fingerprint density at radius 3 is 1.70 bits per heavy atom. The summed E-state index contributed by atoms with van der Waals surface area (Å²) in [5, 5.41) is 9.24. The number of aliphatic hydroxyl groups is 1. The molecule has 0 aliphatic heterocycles. The van der Waals surface area contributed by atoms with Gasteiger partial charge in [0.25, 0.3) is 0 Å². The number of hydrogen-bond donors (Lipinski definition) is 1. The highest BCUT2D eigenvalue weighted by atomic mass is 35.5. The molecule has 2 nitrogen and oxygen atoms in total. The number of aliphatic hydroxyl groups excluding tert-OH is 1. The lowest BCUT2D eigenvalue weighted by Crippen LogP contribution is -2.34. The molecule has 10 heavy (non-hydrogen) atoms. The van der Waals surface area contributed by atoms with Crippen molar-refractivity contribution in [3.63, 3.8) is 0 Å². The summed E-state index contributed by atoms with van der Waals surface area (Å²) in [5.74, 6) is 0. The van der Waals surface area contributed by atoms with Gasteiger partial charge in [0.05, 0.1) is 0 Å². The zero-order valence-electron chi connectivity index (χ0n) is 7.00. The summed E-state index contributed by atoms with van der Waals surface area (Å²) >= 11 is 0. The van der Waals surface area contributed by atoms with Gasteiger partial charge in [0, 0.05) is 0 Å². The van der Waals surface area contributed by atoms with Gasteiger partial charge >= 0.3 is 0 Å². The average molecular weight is 168 g/mol. The van der Waals surface area contributed by atoms with Crippen LogP contribution in [0.25, 0.3) is 0 Å². The number of nitrogens with zero attached hydrogens (tertiary/aromatic N) is 1. The first-order valence-electron chi connectivity index (χ1n) is 3.68. The van der Waals surface area contributed by atoms with Crippen LogP contribution in [0.3, 0.4) is 0 Å². The van der Waals surface area contributed by atoms with Crippen LogP contribution in [0.4, 0.5) is 0 Å². The molecule has 0 aromatic carbocycles. The molecule has 0 saturated carbocycles. The van der Waals surface area contributed by atoms with Gasteiger partial charge in [0.1, 0.15) is 6.23 Å². The van der Waals surface area contributed by atoms with E-state index in [-0.39, 0.29) is 18.6 Å². The van der Waals surface area contributed by atoms with Crippen molar-refractivity contribution in [3.05, 3.63) is 0 Å². The second-order valence-electron chi connectivity index (χ2n) is 2.11. The highest BCUT2D eigenvalue weighted by molar-refractivity contribution is 5.85. The fourth-order valence-electron chi connectivity index (χ4n) is 0.903. The minimum absolute atomic E-state index is 0. The highest BCUT2D eigenvalue weighted by Crippen LogP contribution is 1.97. The molecule has 1 atom stereocenters. The minimum atomic E-state index is -0.236. The lowest BCUT2D eigenvalue weighted by molar-refractivity contribution is 0.00836. The summed E-state index contributed by atoms with van der Waals surface area (Å²) in [6, 6.07) is 0. The first kappa shape index (κ1) is 12.8. The maximum Gasteiger partial charge on any atom is 0.107 e. The number of hydrogen-bond acceptors (Lipinski definition) is 2. The van der Waals surface area contributed by atoms with Crippen molar-refractivity contribution in [1.29, 1.82) is 0 Å². The van der Waals surface area contributed by atoms with E-state index in [0.717, 1.165) is 19.5 Å². The Kier molecular flexibility index (Phi) is 9.40. The van der Waals surface area contributed by atoms with Crippen molar-refractivity contribution in [2.45, 2.75) is 33.4 Å². The van der Waals surface area contributed by atoms with Crippen molar-refractivity contribution >= 4 is 12.4 Å². The smallest absolute Gasteiger partial charge is 0.107 e. The molecule has 0 aromatic heterocycles. The Morgan fingerprint density at radius 1 is 1.20 bits per heavy atom. The molecule has 0 fully saturated rings. The van der Waals surface area contributed by atoms with Crippen LogP contribution < -0.4 is 0 Å². The lowest BCUT2D eigenvalue weighted by atomic mass is 10.3. The molecule has 0 aromatic rings. The molecule has 0 saturated heterocycles. The fraction of sp³-hybridized carbons (Fsp3) is 1.00. The topological polar surface area (TPSA) is 23.5 Å². The van der Waals surface area contributed by atoms with E-state index >= 15 is 0 Å². The molecule has 0 aliphatic carbocycles. The highest BCUT2D eigenvalue weighted by Gasteiger charge is 2.07. The summed E-state index contributed by atoms with van der Waals surface area (Å²) in [7, 11) is 0. The predicted molar refractivity (Wildman–Crippen MR) is 46.5 cm³/mol. The van der Waals surface area contributed by atoms with Crippen LogP contribution in [0.15, 0.2) is 0 Å². The third-order valence-corrected chi connectivity index (χ3v) is 1.60. The van der Waals surface area contributed by atoms with Crippen LogP contribution in [0.2, 0.25) is 0 Å². The SMILES string of the molecule is CCC(O)N(CC)CC.Cl. The van der Waals surface area contributed by atoms with E-state index in [0.29, 0.717) is 0 Å². The van der Waals surface area contributed by atoms with Gasteiger partial charge < -0.3 is 5.11 Å². The molecule has 0 heterocycles. The van der Waals surface area contributed by atoms with Crippen LogP contribution >= 0.6 is 12.4 Å². The number of halogens is 1. The Bertz CT molecular complexity index is 66.6. The van der Waals surface area contributed by atoms with Crippen molar-refractivity contribution in [2.75, 3.05) is 13.1 Å². The number of rotatable bonds is 4. The van der Waals surface area contributed by atoms with Gasteiger partial charge in [-0.1, -0.05) is 20.8 Å².